The molecule has 0 fully saturated rings. The van der Waals surface area contributed by atoms with Crippen LogP contribution in [0.3, 0.4) is 0 Å². The van der Waals surface area contributed by atoms with Crippen molar-refractivity contribution >= 4 is 22.5 Å². The third-order valence-electron chi connectivity index (χ3n) is 2.79. The van der Waals surface area contributed by atoms with Crippen molar-refractivity contribution in [3.05, 3.63) is 69.5 Å². The van der Waals surface area contributed by atoms with Gasteiger partial charge in [0.15, 0.2) is 0 Å². The molecule has 0 bridgehead atoms. The number of rotatable bonds is 3. The first-order chi connectivity index (χ1) is 9.74. The zero-order valence-electron chi connectivity index (χ0n) is 10.4. The first-order valence-corrected chi connectivity index (χ1v) is 6.38. The molecule has 100 valence electrons. The van der Waals surface area contributed by atoms with E-state index in [2.05, 4.69) is 4.98 Å². The lowest BCUT2D eigenvalue weighted by Gasteiger charge is -2.05. The lowest BCUT2D eigenvalue weighted by atomic mass is 10.2. The monoisotopic (exact) mass is 287 g/mol. The molecule has 2 aromatic carbocycles. The van der Waals surface area contributed by atoms with Crippen molar-refractivity contribution in [3.8, 4) is 6.08 Å². The minimum absolute atomic E-state index is 0.0838. The normalized spacial score (nSPS) is 10.7. The SMILES string of the molecule is O=c1oc(OCc2ccccc2)nc2c(Cl)cccc12. The number of fused-ring (bicyclic) bond motifs is 1. The second kappa shape index (κ2) is 5.35. The fourth-order valence-corrected chi connectivity index (χ4v) is 2.04. The first kappa shape index (κ1) is 12.7. The van der Waals surface area contributed by atoms with Crippen molar-refractivity contribution < 1.29 is 9.15 Å². The Morgan fingerprint density at radius 1 is 1.10 bits per heavy atom. The fourth-order valence-electron chi connectivity index (χ4n) is 1.82. The molecule has 0 spiro atoms. The number of aromatic nitrogens is 1. The van der Waals surface area contributed by atoms with Crippen LogP contribution in [0, 0.1) is 0 Å². The van der Waals surface area contributed by atoms with Gasteiger partial charge in [-0.3, -0.25) is 0 Å². The number of ether oxygens (including phenoxy) is 1. The maximum absolute atomic E-state index is 11.8. The summed E-state index contributed by atoms with van der Waals surface area (Å²) < 4.78 is 10.4. The fraction of sp³-hybridized carbons (Fsp3) is 0.0667. The molecule has 0 amide bonds. The third-order valence-corrected chi connectivity index (χ3v) is 3.10. The van der Waals surface area contributed by atoms with Crippen molar-refractivity contribution in [1.82, 2.24) is 4.98 Å². The lowest BCUT2D eigenvalue weighted by molar-refractivity contribution is 0.207. The Kier molecular flexibility index (Phi) is 3.39. The molecular weight excluding hydrogens is 278 g/mol. The van der Waals surface area contributed by atoms with Crippen LogP contribution in [0.5, 0.6) is 6.08 Å². The Hall–Kier alpha value is -2.33. The van der Waals surface area contributed by atoms with Crippen LogP contribution in [0.4, 0.5) is 0 Å². The summed E-state index contributed by atoms with van der Waals surface area (Å²) in [4.78, 5) is 15.9. The van der Waals surface area contributed by atoms with E-state index in [0.29, 0.717) is 15.9 Å². The summed E-state index contributed by atoms with van der Waals surface area (Å²) in [6.45, 7) is 0.271. The molecule has 4 nitrogen and oxygen atoms in total. The van der Waals surface area contributed by atoms with E-state index < -0.39 is 5.63 Å². The van der Waals surface area contributed by atoms with Gasteiger partial charge < -0.3 is 9.15 Å². The quantitative estimate of drug-likeness (QED) is 0.740. The Morgan fingerprint density at radius 2 is 1.90 bits per heavy atom. The molecule has 1 heterocycles. The largest absolute Gasteiger partial charge is 0.445 e. The van der Waals surface area contributed by atoms with Crippen LogP contribution in [-0.4, -0.2) is 4.98 Å². The molecule has 3 aromatic rings. The van der Waals surface area contributed by atoms with Crippen LogP contribution >= 0.6 is 11.6 Å². The summed E-state index contributed by atoms with van der Waals surface area (Å²) in [6.07, 6.45) is -0.0838. The summed E-state index contributed by atoms with van der Waals surface area (Å²) in [5.41, 5.74) is 0.824. The van der Waals surface area contributed by atoms with Gasteiger partial charge in [0.25, 0.3) is 0 Å². The second-order valence-electron chi connectivity index (χ2n) is 4.18. The van der Waals surface area contributed by atoms with Crippen LogP contribution in [0.1, 0.15) is 5.56 Å². The van der Waals surface area contributed by atoms with Gasteiger partial charge in [0.1, 0.15) is 12.1 Å². The third kappa shape index (κ3) is 2.51. The molecule has 20 heavy (non-hydrogen) atoms. The van der Waals surface area contributed by atoms with Gasteiger partial charge in [-0.2, -0.15) is 4.98 Å². The number of hydrogen-bond acceptors (Lipinski definition) is 4. The summed E-state index contributed by atoms with van der Waals surface area (Å²) >= 11 is 6.02. The van der Waals surface area contributed by atoms with Crippen LogP contribution in [0.25, 0.3) is 10.9 Å². The minimum Gasteiger partial charge on any atom is -0.445 e. The van der Waals surface area contributed by atoms with Crippen molar-refractivity contribution in [3.63, 3.8) is 0 Å². The molecule has 0 aliphatic carbocycles. The number of hydrogen-bond donors (Lipinski definition) is 0. The summed E-state index contributed by atoms with van der Waals surface area (Å²) in [5.74, 6) is 0. The van der Waals surface area contributed by atoms with Crippen molar-refractivity contribution in [2.45, 2.75) is 6.61 Å². The molecule has 0 unspecified atom stereocenters. The second-order valence-corrected chi connectivity index (χ2v) is 4.58. The highest BCUT2D eigenvalue weighted by molar-refractivity contribution is 6.34. The van der Waals surface area contributed by atoms with Crippen molar-refractivity contribution in [2.24, 2.45) is 0 Å². The standard InChI is InChI=1S/C15H10ClNO3/c16-12-8-4-7-11-13(12)17-15(20-14(11)18)19-9-10-5-2-1-3-6-10/h1-8H,9H2. The average Bonchev–Trinajstić information content (AvgIpc) is 2.47. The van der Waals surface area contributed by atoms with E-state index in [-0.39, 0.29) is 12.7 Å². The molecule has 0 aliphatic rings. The highest BCUT2D eigenvalue weighted by atomic mass is 35.5. The molecule has 1 aromatic heterocycles. The predicted molar refractivity (Wildman–Crippen MR) is 76.1 cm³/mol. The Morgan fingerprint density at radius 3 is 2.70 bits per heavy atom. The summed E-state index contributed by atoms with van der Waals surface area (Å²) in [6, 6.07) is 14.5. The molecule has 0 aliphatic heterocycles. The summed E-state index contributed by atoms with van der Waals surface area (Å²) in [7, 11) is 0. The van der Waals surface area contributed by atoms with Crippen LogP contribution in [0.15, 0.2) is 57.7 Å². The van der Waals surface area contributed by atoms with Gasteiger partial charge in [0.05, 0.1) is 10.4 Å². The lowest BCUT2D eigenvalue weighted by Crippen LogP contribution is -2.05. The zero-order chi connectivity index (χ0) is 13.9. The predicted octanol–water partition coefficient (Wildman–Crippen LogP) is 3.42. The van der Waals surface area contributed by atoms with Crippen LogP contribution in [0.2, 0.25) is 5.02 Å². The smallest absolute Gasteiger partial charge is 0.397 e. The number of para-hydroxylation sites is 1. The summed E-state index contributed by atoms with van der Waals surface area (Å²) in [5, 5.41) is 0.726. The van der Waals surface area contributed by atoms with E-state index in [0.717, 1.165) is 5.56 Å². The number of nitrogens with zero attached hydrogens (tertiary/aromatic N) is 1. The van der Waals surface area contributed by atoms with E-state index in [1.54, 1.807) is 18.2 Å². The van der Waals surface area contributed by atoms with Crippen LogP contribution in [-0.2, 0) is 6.61 Å². The molecule has 5 heteroatoms. The Bertz CT molecular complexity index is 799. The molecule has 0 radical (unpaired) electrons. The average molecular weight is 288 g/mol. The first-order valence-electron chi connectivity index (χ1n) is 6.00. The molecule has 0 atom stereocenters. The van der Waals surface area contributed by atoms with Gasteiger partial charge in [-0.05, 0) is 17.7 Å². The van der Waals surface area contributed by atoms with Crippen molar-refractivity contribution in [1.29, 1.82) is 0 Å². The molecular formula is C15H10ClNO3. The highest BCUT2D eigenvalue weighted by Gasteiger charge is 2.09. The van der Waals surface area contributed by atoms with E-state index in [4.69, 9.17) is 20.8 Å². The molecule has 0 saturated carbocycles. The van der Waals surface area contributed by atoms with Gasteiger partial charge in [-0.1, -0.05) is 48.0 Å². The Labute approximate surface area is 119 Å². The topological polar surface area (TPSA) is 52.3 Å². The van der Waals surface area contributed by atoms with Crippen molar-refractivity contribution in [2.75, 3.05) is 0 Å². The van der Waals surface area contributed by atoms with E-state index in [1.165, 1.54) is 0 Å². The van der Waals surface area contributed by atoms with Gasteiger partial charge in [0.2, 0.25) is 0 Å². The van der Waals surface area contributed by atoms with Gasteiger partial charge >= 0.3 is 11.7 Å². The molecule has 3 rings (SSSR count). The highest BCUT2D eigenvalue weighted by Crippen LogP contribution is 2.21. The van der Waals surface area contributed by atoms with Gasteiger partial charge in [-0.25, -0.2) is 4.79 Å². The minimum atomic E-state index is -0.513. The Balaban J connectivity index is 1.93. The molecule has 0 N–H and O–H groups in total. The van der Waals surface area contributed by atoms with E-state index in [9.17, 15) is 4.79 Å². The van der Waals surface area contributed by atoms with Gasteiger partial charge in [-0.15, -0.1) is 0 Å². The number of halogens is 1. The maximum Gasteiger partial charge on any atom is 0.397 e. The zero-order valence-corrected chi connectivity index (χ0v) is 11.1. The maximum atomic E-state index is 11.8. The van der Waals surface area contributed by atoms with E-state index >= 15 is 0 Å². The van der Waals surface area contributed by atoms with Crippen LogP contribution < -0.4 is 10.4 Å². The van der Waals surface area contributed by atoms with E-state index in [1.807, 2.05) is 30.3 Å². The number of benzene rings is 2. The molecule has 0 saturated heterocycles. The van der Waals surface area contributed by atoms with Gasteiger partial charge in [0, 0.05) is 0 Å².